The Bertz CT molecular complexity index is 627. The van der Waals surface area contributed by atoms with Gasteiger partial charge in [-0.3, -0.25) is 5.32 Å². The van der Waals surface area contributed by atoms with E-state index in [4.69, 9.17) is 9.26 Å². The van der Waals surface area contributed by atoms with Gasteiger partial charge < -0.3 is 14.6 Å². The van der Waals surface area contributed by atoms with Crippen LogP contribution in [0.3, 0.4) is 0 Å². The zero-order valence-corrected chi connectivity index (χ0v) is 12.4. The van der Waals surface area contributed by atoms with Crippen LogP contribution in [-0.2, 0) is 4.74 Å². The van der Waals surface area contributed by atoms with Crippen molar-refractivity contribution in [1.29, 1.82) is 0 Å². The number of aromatic nitrogens is 1. The fourth-order valence-corrected chi connectivity index (χ4v) is 2.59. The second kappa shape index (κ2) is 6.62. The lowest BCUT2D eigenvalue weighted by Crippen LogP contribution is -2.35. The van der Waals surface area contributed by atoms with Gasteiger partial charge in [-0.15, -0.1) is 0 Å². The summed E-state index contributed by atoms with van der Waals surface area (Å²) in [7, 11) is 0. The lowest BCUT2D eigenvalue weighted by atomic mass is 9.96. The van der Waals surface area contributed by atoms with Crippen LogP contribution >= 0.6 is 0 Å². The van der Waals surface area contributed by atoms with Crippen LogP contribution in [-0.4, -0.2) is 30.4 Å². The molecule has 2 amide bonds. The third-order valence-electron chi connectivity index (χ3n) is 3.71. The van der Waals surface area contributed by atoms with Crippen LogP contribution in [0.25, 0.3) is 0 Å². The molecule has 1 saturated heterocycles. The Morgan fingerprint density at radius 2 is 2.18 bits per heavy atom. The van der Waals surface area contributed by atoms with Crippen LogP contribution < -0.4 is 10.6 Å². The number of rotatable bonds is 4. The first kappa shape index (κ1) is 14.6. The Hall–Kier alpha value is -2.34. The zero-order chi connectivity index (χ0) is 15.4. The zero-order valence-electron chi connectivity index (χ0n) is 12.4. The summed E-state index contributed by atoms with van der Waals surface area (Å²) in [4.78, 5) is 11.8. The highest BCUT2D eigenvalue weighted by molar-refractivity contribution is 5.87. The van der Waals surface area contributed by atoms with Gasteiger partial charge in [0.25, 0.3) is 0 Å². The molecular weight excluding hydrogens is 282 g/mol. The van der Waals surface area contributed by atoms with Gasteiger partial charge in [0.05, 0.1) is 18.4 Å². The number of amides is 2. The number of nitrogens with zero attached hydrogens (tertiary/aromatic N) is 1. The largest absolute Gasteiger partial charge is 0.376 e. The molecule has 2 heterocycles. The summed E-state index contributed by atoms with van der Waals surface area (Å²) in [5.41, 5.74) is 2.01. The van der Waals surface area contributed by atoms with Gasteiger partial charge in [-0.25, -0.2) is 4.79 Å². The Kier molecular flexibility index (Phi) is 4.39. The smallest absolute Gasteiger partial charge is 0.321 e. The van der Waals surface area contributed by atoms with E-state index in [0.29, 0.717) is 25.0 Å². The Labute approximate surface area is 128 Å². The molecule has 0 saturated carbocycles. The third kappa shape index (κ3) is 3.65. The van der Waals surface area contributed by atoms with Gasteiger partial charge in [-0.05, 0) is 18.9 Å². The van der Waals surface area contributed by atoms with Gasteiger partial charge in [0, 0.05) is 18.5 Å². The minimum Gasteiger partial charge on any atom is -0.376 e. The monoisotopic (exact) mass is 301 g/mol. The molecule has 2 atom stereocenters. The van der Waals surface area contributed by atoms with Crippen molar-refractivity contribution in [3.63, 3.8) is 0 Å². The number of hydrogen-bond acceptors (Lipinski definition) is 4. The molecule has 0 spiro atoms. The van der Waals surface area contributed by atoms with Gasteiger partial charge in [0.1, 0.15) is 0 Å². The molecule has 1 fully saturated rings. The van der Waals surface area contributed by atoms with Gasteiger partial charge in [-0.1, -0.05) is 35.5 Å². The average molecular weight is 301 g/mol. The lowest BCUT2D eigenvalue weighted by molar-refractivity contribution is 0.110. The summed E-state index contributed by atoms with van der Waals surface area (Å²) in [6.45, 7) is 2.96. The predicted octanol–water partition coefficient (Wildman–Crippen LogP) is 2.68. The number of ether oxygens (including phenoxy) is 1. The highest BCUT2D eigenvalue weighted by Crippen LogP contribution is 2.28. The maximum atomic E-state index is 11.8. The van der Waals surface area contributed by atoms with Crippen LogP contribution in [0.1, 0.15) is 23.6 Å². The van der Waals surface area contributed by atoms with Crippen molar-refractivity contribution in [2.45, 2.75) is 25.4 Å². The normalized spacial score (nSPS) is 20.8. The molecule has 116 valence electrons. The Morgan fingerprint density at radius 3 is 2.91 bits per heavy atom. The van der Waals surface area contributed by atoms with E-state index in [-0.39, 0.29) is 12.1 Å². The molecule has 0 bridgehead atoms. The molecule has 0 aliphatic carbocycles. The van der Waals surface area contributed by atoms with E-state index in [2.05, 4.69) is 27.9 Å². The summed E-state index contributed by atoms with van der Waals surface area (Å²) in [5.74, 6) is 0.734. The van der Waals surface area contributed by atoms with E-state index < -0.39 is 0 Å². The molecule has 0 unspecified atom stereocenters. The van der Waals surface area contributed by atoms with E-state index in [0.717, 1.165) is 12.1 Å². The highest BCUT2D eigenvalue weighted by Gasteiger charge is 2.26. The standard InChI is InChI=1S/C16H19N3O3/c1-11-7-15(22-19-11)18-16(20)17-9-14-8-13(10-21-14)12-5-3-2-4-6-12/h2-7,13-14H,8-10H2,1H3,(H2,17,18,20)/t13-,14-/m0/s1. The fraction of sp³-hybridized carbons (Fsp3) is 0.375. The molecular formula is C16H19N3O3. The second-order valence-electron chi connectivity index (χ2n) is 5.47. The van der Waals surface area contributed by atoms with Crippen LogP contribution in [0.5, 0.6) is 0 Å². The number of carbonyl (C=O) groups excluding carboxylic acids is 1. The predicted molar refractivity (Wildman–Crippen MR) is 81.8 cm³/mol. The van der Waals surface area contributed by atoms with Crippen LogP contribution in [0.2, 0.25) is 0 Å². The van der Waals surface area contributed by atoms with Crippen molar-refractivity contribution >= 4 is 11.9 Å². The molecule has 22 heavy (non-hydrogen) atoms. The van der Waals surface area contributed by atoms with Crippen molar-refractivity contribution in [1.82, 2.24) is 10.5 Å². The van der Waals surface area contributed by atoms with Crippen molar-refractivity contribution in [3.05, 3.63) is 47.7 Å². The molecule has 6 heteroatoms. The van der Waals surface area contributed by atoms with E-state index in [1.807, 2.05) is 18.2 Å². The van der Waals surface area contributed by atoms with Gasteiger partial charge >= 0.3 is 6.03 Å². The minimum absolute atomic E-state index is 0.0346. The van der Waals surface area contributed by atoms with Crippen molar-refractivity contribution in [2.75, 3.05) is 18.5 Å². The molecule has 2 aromatic rings. The number of benzene rings is 1. The summed E-state index contributed by atoms with van der Waals surface area (Å²) in [6.07, 6.45) is 0.943. The maximum Gasteiger partial charge on any atom is 0.321 e. The molecule has 3 rings (SSSR count). The Balaban J connectivity index is 1.44. The lowest BCUT2D eigenvalue weighted by Gasteiger charge is -2.11. The minimum atomic E-state index is -0.317. The number of nitrogens with one attached hydrogen (secondary N) is 2. The van der Waals surface area contributed by atoms with Crippen molar-refractivity contribution in [3.8, 4) is 0 Å². The molecule has 2 N–H and O–H groups in total. The van der Waals surface area contributed by atoms with Gasteiger partial charge in [-0.2, -0.15) is 0 Å². The maximum absolute atomic E-state index is 11.8. The number of urea groups is 1. The van der Waals surface area contributed by atoms with Crippen LogP contribution in [0.15, 0.2) is 40.9 Å². The summed E-state index contributed by atoms with van der Waals surface area (Å²) < 4.78 is 10.7. The molecule has 0 radical (unpaired) electrons. The number of carbonyl (C=O) groups is 1. The van der Waals surface area contributed by atoms with Gasteiger partial charge in [0.2, 0.25) is 5.88 Å². The van der Waals surface area contributed by atoms with E-state index in [9.17, 15) is 4.79 Å². The van der Waals surface area contributed by atoms with Gasteiger partial charge in [0.15, 0.2) is 0 Å². The second-order valence-corrected chi connectivity index (χ2v) is 5.47. The summed E-state index contributed by atoms with van der Waals surface area (Å²) >= 11 is 0. The SMILES string of the molecule is Cc1cc(NC(=O)NC[C@@H]2C[C@H](c3ccccc3)CO2)on1. The summed E-state index contributed by atoms with van der Waals surface area (Å²) in [6, 6.07) is 11.7. The number of anilines is 1. The first-order valence-electron chi connectivity index (χ1n) is 7.35. The Morgan fingerprint density at radius 1 is 1.36 bits per heavy atom. The van der Waals surface area contributed by atoms with E-state index in [1.54, 1.807) is 13.0 Å². The quantitative estimate of drug-likeness (QED) is 0.910. The average Bonchev–Trinajstić information content (AvgIpc) is 3.15. The van der Waals surface area contributed by atoms with Crippen LogP contribution in [0.4, 0.5) is 10.7 Å². The van der Waals surface area contributed by atoms with Crippen LogP contribution in [0, 0.1) is 6.92 Å². The van der Waals surface area contributed by atoms with Crippen molar-refractivity contribution < 1.29 is 14.1 Å². The van der Waals surface area contributed by atoms with Crippen molar-refractivity contribution in [2.24, 2.45) is 0 Å². The molecule has 1 aliphatic heterocycles. The highest BCUT2D eigenvalue weighted by atomic mass is 16.5. The first-order chi connectivity index (χ1) is 10.7. The fourth-order valence-electron chi connectivity index (χ4n) is 2.59. The molecule has 1 aliphatic rings. The topological polar surface area (TPSA) is 76.4 Å². The third-order valence-corrected chi connectivity index (χ3v) is 3.71. The molecule has 1 aromatic carbocycles. The summed E-state index contributed by atoms with van der Waals surface area (Å²) in [5, 5.41) is 9.09. The molecule has 6 nitrogen and oxygen atoms in total. The van der Waals surface area contributed by atoms with E-state index >= 15 is 0 Å². The number of aryl methyl sites for hydroxylation is 1. The van der Waals surface area contributed by atoms with E-state index in [1.165, 1.54) is 5.56 Å². The molecule has 1 aromatic heterocycles. The number of hydrogen-bond donors (Lipinski definition) is 2. The first-order valence-corrected chi connectivity index (χ1v) is 7.35.